The molecule has 0 radical (unpaired) electrons. The van der Waals surface area contributed by atoms with E-state index in [0.29, 0.717) is 11.6 Å². The first kappa shape index (κ1) is 16.1. The summed E-state index contributed by atoms with van der Waals surface area (Å²) in [6.07, 6.45) is 1.81. The van der Waals surface area contributed by atoms with Gasteiger partial charge in [-0.25, -0.2) is 0 Å². The van der Waals surface area contributed by atoms with E-state index >= 15 is 0 Å². The van der Waals surface area contributed by atoms with Crippen molar-refractivity contribution in [2.75, 3.05) is 17.3 Å². The number of benzene rings is 2. The third kappa shape index (κ3) is 3.89. The zero-order valence-electron chi connectivity index (χ0n) is 12.9. The quantitative estimate of drug-likeness (QED) is 0.378. The summed E-state index contributed by atoms with van der Waals surface area (Å²) in [6, 6.07) is 13.5. The molecule has 2 N–H and O–H groups in total. The standard InChI is InChI=1S/C18H20ClN3/c1-4-11-22(16-8-6-15(19)7-9-16)21-14(3)17-12-13(2)5-10-18(17)20/h4-10,12H,1,11,20H2,2-3H3/b21-14+. The Morgan fingerprint density at radius 1 is 1.27 bits per heavy atom. The van der Waals surface area contributed by atoms with Gasteiger partial charge in [-0.2, -0.15) is 5.10 Å². The fraction of sp³-hybridized carbons (Fsp3) is 0.167. The van der Waals surface area contributed by atoms with Crippen molar-refractivity contribution < 1.29 is 0 Å². The Morgan fingerprint density at radius 3 is 2.59 bits per heavy atom. The van der Waals surface area contributed by atoms with E-state index in [-0.39, 0.29) is 0 Å². The van der Waals surface area contributed by atoms with Gasteiger partial charge in [0.1, 0.15) is 0 Å². The Kier molecular flexibility index (Phi) is 5.23. The van der Waals surface area contributed by atoms with Crippen LogP contribution in [-0.2, 0) is 0 Å². The highest BCUT2D eigenvalue weighted by Crippen LogP contribution is 2.20. The molecule has 0 saturated carbocycles. The zero-order valence-corrected chi connectivity index (χ0v) is 13.6. The fourth-order valence-corrected chi connectivity index (χ4v) is 2.28. The third-order valence-corrected chi connectivity index (χ3v) is 3.55. The van der Waals surface area contributed by atoms with E-state index in [1.54, 1.807) is 0 Å². The van der Waals surface area contributed by atoms with Crippen molar-refractivity contribution in [1.29, 1.82) is 0 Å². The molecule has 3 nitrogen and oxygen atoms in total. The Morgan fingerprint density at radius 2 is 1.95 bits per heavy atom. The SMILES string of the molecule is C=CCN(/N=C(\C)c1cc(C)ccc1N)c1ccc(Cl)cc1. The third-order valence-electron chi connectivity index (χ3n) is 3.30. The van der Waals surface area contributed by atoms with Gasteiger partial charge in [-0.05, 0) is 50.2 Å². The van der Waals surface area contributed by atoms with Gasteiger partial charge in [0.2, 0.25) is 0 Å². The van der Waals surface area contributed by atoms with E-state index in [9.17, 15) is 0 Å². The summed E-state index contributed by atoms with van der Waals surface area (Å²) in [5, 5.41) is 7.27. The number of hydrogen-bond donors (Lipinski definition) is 1. The summed E-state index contributed by atoms with van der Waals surface area (Å²) in [5.41, 5.74) is 10.7. The highest BCUT2D eigenvalue weighted by molar-refractivity contribution is 6.30. The van der Waals surface area contributed by atoms with Crippen molar-refractivity contribution in [3.63, 3.8) is 0 Å². The maximum atomic E-state index is 6.06. The lowest BCUT2D eigenvalue weighted by Gasteiger charge is -2.19. The molecule has 2 aromatic carbocycles. The van der Waals surface area contributed by atoms with Crippen LogP contribution in [0.5, 0.6) is 0 Å². The molecule has 0 heterocycles. The smallest absolute Gasteiger partial charge is 0.0671 e. The summed E-state index contributed by atoms with van der Waals surface area (Å²) in [5.74, 6) is 0. The molecule has 0 aromatic heterocycles. The molecule has 0 unspecified atom stereocenters. The molecule has 0 saturated heterocycles. The van der Waals surface area contributed by atoms with Crippen LogP contribution in [0, 0.1) is 6.92 Å². The maximum absolute atomic E-state index is 6.06. The molecule has 22 heavy (non-hydrogen) atoms. The normalized spacial score (nSPS) is 11.3. The topological polar surface area (TPSA) is 41.6 Å². The second-order valence-corrected chi connectivity index (χ2v) is 5.56. The largest absolute Gasteiger partial charge is 0.398 e. The average molecular weight is 314 g/mol. The maximum Gasteiger partial charge on any atom is 0.0671 e. The summed E-state index contributed by atoms with van der Waals surface area (Å²) in [4.78, 5) is 0. The van der Waals surface area contributed by atoms with Crippen LogP contribution in [0.15, 0.2) is 60.2 Å². The van der Waals surface area contributed by atoms with Gasteiger partial charge in [0, 0.05) is 16.3 Å². The molecular weight excluding hydrogens is 294 g/mol. The van der Waals surface area contributed by atoms with Crippen molar-refractivity contribution in [3.8, 4) is 0 Å². The van der Waals surface area contributed by atoms with Crippen molar-refractivity contribution in [2.45, 2.75) is 13.8 Å². The zero-order chi connectivity index (χ0) is 16.1. The molecule has 2 rings (SSSR count). The molecule has 2 aromatic rings. The molecule has 0 bridgehead atoms. The van der Waals surface area contributed by atoms with Crippen LogP contribution in [0.4, 0.5) is 11.4 Å². The summed E-state index contributed by atoms with van der Waals surface area (Å²) >= 11 is 5.94. The minimum Gasteiger partial charge on any atom is -0.398 e. The average Bonchev–Trinajstić information content (AvgIpc) is 2.50. The predicted octanol–water partition coefficient (Wildman–Crippen LogP) is 4.65. The Bertz CT molecular complexity index is 690. The van der Waals surface area contributed by atoms with E-state index in [0.717, 1.165) is 28.2 Å². The van der Waals surface area contributed by atoms with E-state index in [1.807, 2.05) is 67.4 Å². The minimum absolute atomic E-state index is 0.602. The van der Waals surface area contributed by atoms with Crippen LogP contribution in [0.2, 0.25) is 5.02 Å². The summed E-state index contributed by atoms with van der Waals surface area (Å²) < 4.78 is 0. The van der Waals surface area contributed by atoms with Crippen LogP contribution in [0.25, 0.3) is 0 Å². The lowest BCUT2D eigenvalue weighted by molar-refractivity contribution is 0.940. The van der Waals surface area contributed by atoms with Gasteiger partial charge in [-0.1, -0.05) is 29.3 Å². The van der Waals surface area contributed by atoms with E-state index in [2.05, 4.69) is 6.58 Å². The number of nitrogen functional groups attached to an aromatic ring is 1. The lowest BCUT2D eigenvalue weighted by atomic mass is 10.1. The number of anilines is 2. The Balaban J connectivity index is 2.38. The monoisotopic (exact) mass is 313 g/mol. The molecule has 0 fully saturated rings. The fourth-order valence-electron chi connectivity index (χ4n) is 2.16. The predicted molar refractivity (Wildman–Crippen MR) is 96.8 cm³/mol. The number of halogens is 1. The molecule has 0 aliphatic heterocycles. The molecular formula is C18H20ClN3. The molecule has 114 valence electrons. The van der Waals surface area contributed by atoms with Crippen LogP contribution in [0.3, 0.4) is 0 Å². The number of hydrogen-bond acceptors (Lipinski definition) is 3. The van der Waals surface area contributed by atoms with Crippen molar-refractivity contribution in [2.24, 2.45) is 5.10 Å². The number of nitrogens with two attached hydrogens (primary N) is 1. The molecule has 0 atom stereocenters. The molecule has 0 aliphatic rings. The summed E-state index contributed by atoms with van der Waals surface area (Å²) in [7, 11) is 0. The van der Waals surface area contributed by atoms with E-state index in [4.69, 9.17) is 22.4 Å². The first-order valence-corrected chi connectivity index (χ1v) is 7.44. The molecule has 4 heteroatoms. The highest BCUT2D eigenvalue weighted by Gasteiger charge is 2.08. The Hall–Kier alpha value is -2.26. The number of rotatable bonds is 5. The van der Waals surface area contributed by atoms with Crippen LogP contribution < -0.4 is 10.7 Å². The molecule has 0 aliphatic carbocycles. The van der Waals surface area contributed by atoms with Crippen LogP contribution in [-0.4, -0.2) is 12.3 Å². The van der Waals surface area contributed by atoms with E-state index < -0.39 is 0 Å². The molecule has 0 amide bonds. The van der Waals surface area contributed by atoms with E-state index in [1.165, 1.54) is 0 Å². The van der Waals surface area contributed by atoms with Crippen LogP contribution >= 0.6 is 11.6 Å². The minimum atomic E-state index is 0.602. The second-order valence-electron chi connectivity index (χ2n) is 5.12. The van der Waals surface area contributed by atoms with Crippen molar-refractivity contribution in [1.82, 2.24) is 0 Å². The van der Waals surface area contributed by atoms with Gasteiger partial charge in [-0.15, -0.1) is 6.58 Å². The van der Waals surface area contributed by atoms with Gasteiger partial charge in [0.25, 0.3) is 0 Å². The van der Waals surface area contributed by atoms with Crippen molar-refractivity contribution >= 4 is 28.7 Å². The van der Waals surface area contributed by atoms with Gasteiger partial charge < -0.3 is 5.73 Å². The number of nitrogens with zero attached hydrogens (tertiary/aromatic N) is 2. The number of hydrazone groups is 1. The number of aryl methyl sites for hydroxylation is 1. The Labute approximate surface area is 136 Å². The van der Waals surface area contributed by atoms with Gasteiger partial charge >= 0.3 is 0 Å². The van der Waals surface area contributed by atoms with Gasteiger partial charge in [-0.3, -0.25) is 5.01 Å². The van der Waals surface area contributed by atoms with Crippen LogP contribution in [0.1, 0.15) is 18.1 Å². The second kappa shape index (κ2) is 7.14. The lowest BCUT2D eigenvalue weighted by Crippen LogP contribution is -2.19. The van der Waals surface area contributed by atoms with Gasteiger partial charge in [0.05, 0.1) is 17.9 Å². The first-order chi connectivity index (χ1) is 10.5. The highest BCUT2D eigenvalue weighted by atomic mass is 35.5. The molecule has 0 spiro atoms. The summed E-state index contributed by atoms with van der Waals surface area (Å²) in [6.45, 7) is 8.39. The first-order valence-electron chi connectivity index (χ1n) is 7.07. The van der Waals surface area contributed by atoms with Crippen molar-refractivity contribution in [3.05, 3.63) is 71.3 Å². The van der Waals surface area contributed by atoms with Gasteiger partial charge in [0.15, 0.2) is 0 Å².